The number of non-ortho nitro benzene ring substituents is 1. The summed E-state index contributed by atoms with van der Waals surface area (Å²) >= 11 is 0. The molecule has 0 bridgehead atoms. The third kappa shape index (κ3) is 5.22. The van der Waals surface area contributed by atoms with Crippen LogP contribution < -0.4 is 5.73 Å². The number of hydrogen-bond acceptors (Lipinski definition) is 3. The molecule has 0 saturated heterocycles. The fourth-order valence-electron chi connectivity index (χ4n) is 1.97. The number of aliphatic imine (C=N–C) groups is 1. The fourth-order valence-corrected chi connectivity index (χ4v) is 1.97. The van der Waals surface area contributed by atoms with Crippen molar-refractivity contribution in [2.45, 2.75) is 31.6 Å². The molecule has 128 valence electrons. The van der Waals surface area contributed by atoms with Crippen molar-refractivity contribution in [3.63, 3.8) is 0 Å². The zero-order chi connectivity index (χ0) is 16.5. The molecule has 1 saturated carbocycles. The highest BCUT2D eigenvalue weighted by molar-refractivity contribution is 14.0. The van der Waals surface area contributed by atoms with Crippen LogP contribution >= 0.6 is 24.0 Å². The lowest BCUT2D eigenvalue weighted by atomic mass is 10.1. The first-order chi connectivity index (χ1) is 10.2. The van der Waals surface area contributed by atoms with Crippen molar-refractivity contribution in [1.29, 1.82) is 0 Å². The highest BCUT2D eigenvalue weighted by Gasteiger charge is 2.32. The van der Waals surface area contributed by atoms with Gasteiger partial charge in [-0.05, 0) is 24.5 Å². The van der Waals surface area contributed by atoms with E-state index in [0.717, 1.165) is 25.0 Å². The molecular formula is C13H16F3IN4O2. The summed E-state index contributed by atoms with van der Waals surface area (Å²) in [7, 11) is 1.76. The van der Waals surface area contributed by atoms with E-state index in [1.165, 1.54) is 0 Å². The average Bonchev–Trinajstić information content (AvgIpc) is 3.27. The maximum absolute atomic E-state index is 12.8. The molecule has 1 aliphatic carbocycles. The highest BCUT2D eigenvalue weighted by Crippen LogP contribution is 2.32. The predicted octanol–water partition coefficient (Wildman–Crippen LogP) is 3.14. The highest BCUT2D eigenvalue weighted by atomic mass is 127. The van der Waals surface area contributed by atoms with Crippen LogP contribution in [-0.4, -0.2) is 28.9 Å². The van der Waals surface area contributed by atoms with E-state index in [4.69, 9.17) is 5.73 Å². The Labute approximate surface area is 147 Å². The summed E-state index contributed by atoms with van der Waals surface area (Å²) in [5, 5.41) is 10.7. The first-order valence-electron chi connectivity index (χ1n) is 6.57. The van der Waals surface area contributed by atoms with Crippen LogP contribution in [0.25, 0.3) is 0 Å². The summed E-state index contributed by atoms with van der Waals surface area (Å²) in [5.74, 6) is 0.211. The van der Waals surface area contributed by atoms with Crippen LogP contribution in [0.2, 0.25) is 0 Å². The van der Waals surface area contributed by atoms with E-state index in [1.807, 2.05) is 0 Å². The number of alkyl halides is 3. The van der Waals surface area contributed by atoms with E-state index in [-0.39, 0.29) is 42.0 Å². The van der Waals surface area contributed by atoms with Gasteiger partial charge in [0.25, 0.3) is 5.69 Å². The van der Waals surface area contributed by atoms with E-state index in [0.29, 0.717) is 12.1 Å². The summed E-state index contributed by atoms with van der Waals surface area (Å²) < 4.78 is 38.3. The molecule has 2 rings (SSSR count). The normalized spacial score (nSPS) is 15.0. The first-order valence-corrected chi connectivity index (χ1v) is 6.57. The minimum absolute atomic E-state index is 0. The molecule has 1 aromatic carbocycles. The van der Waals surface area contributed by atoms with Gasteiger partial charge in [-0.3, -0.25) is 10.1 Å². The molecule has 0 atom stereocenters. The van der Waals surface area contributed by atoms with Gasteiger partial charge in [-0.15, -0.1) is 24.0 Å². The molecule has 0 unspecified atom stereocenters. The molecule has 1 fully saturated rings. The minimum Gasteiger partial charge on any atom is -0.370 e. The van der Waals surface area contributed by atoms with Crippen molar-refractivity contribution >= 4 is 35.6 Å². The molecule has 0 aromatic heterocycles. The monoisotopic (exact) mass is 444 g/mol. The zero-order valence-corrected chi connectivity index (χ0v) is 14.5. The molecule has 2 N–H and O–H groups in total. The lowest BCUT2D eigenvalue weighted by molar-refractivity contribution is -0.385. The SMILES string of the molecule is CN(C(N)=NCc1cc([N+](=O)[O-])cc(C(F)(F)F)c1)C1CC1.I. The van der Waals surface area contributed by atoms with E-state index in [2.05, 4.69) is 4.99 Å². The van der Waals surface area contributed by atoms with Crippen LogP contribution in [-0.2, 0) is 12.7 Å². The fraction of sp³-hybridized carbons (Fsp3) is 0.462. The molecule has 0 spiro atoms. The van der Waals surface area contributed by atoms with Crippen molar-refractivity contribution in [2.24, 2.45) is 10.7 Å². The van der Waals surface area contributed by atoms with Gasteiger partial charge in [0.15, 0.2) is 5.96 Å². The summed E-state index contributed by atoms with van der Waals surface area (Å²) in [6.45, 7) is -0.145. The molecule has 23 heavy (non-hydrogen) atoms. The van der Waals surface area contributed by atoms with Gasteiger partial charge >= 0.3 is 6.18 Å². The van der Waals surface area contributed by atoms with E-state index >= 15 is 0 Å². The maximum atomic E-state index is 12.8. The number of nitrogens with zero attached hydrogens (tertiary/aromatic N) is 3. The topological polar surface area (TPSA) is 84.8 Å². The Kier molecular flexibility index (Phi) is 6.19. The molecule has 0 amide bonds. The Balaban J connectivity index is 0.00000264. The number of nitro benzene ring substituents is 1. The van der Waals surface area contributed by atoms with Gasteiger partial charge < -0.3 is 10.6 Å². The third-order valence-corrected chi connectivity index (χ3v) is 3.40. The zero-order valence-electron chi connectivity index (χ0n) is 12.2. The van der Waals surface area contributed by atoms with Gasteiger partial charge in [0.2, 0.25) is 0 Å². The Morgan fingerprint density at radius 2 is 2.04 bits per heavy atom. The van der Waals surface area contributed by atoms with Gasteiger partial charge in [-0.25, -0.2) is 4.99 Å². The number of nitro groups is 1. The second-order valence-electron chi connectivity index (χ2n) is 5.16. The van der Waals surface area contributed by atoms with Crippen molar-refractivity contribution in [1.82, 2.24) is 4.90 Å². The maximum Gasteiger partial charge on any atom is 0.416 e. The number of benzene rings is 1. The largest absolute Gasteiger partial charge is 0.416 e. The number of halogens is 4. The Morgan fingerprint density at radius 3 is 2.52 bits per heavy atom. The lowest BCUT2D eigenvalue weighted by Crippen LogP contribution is -2.35. The van der Waals surface area contributed by atoms with Crippen LogP contribution in [0, 0.1) is 10.1 Å². The second-order valence-corrected chi connectivity index (χ2v) is 5.16. The minimum atomic E-state index is -4.65. The van der Waals surface area contributed by atoms with Crippen LogP contribution in [0.15, 0.2) is 23.2 Å². The van der Waals surface area contributed by atoms with Crippen molar-refractivity contribution in [2.75, 3.05) is 7.05 Å². The summed E-state index contributed by atoms with van der Waals surface area (Å²) in [6, 6.07) is 2.75. The first kappa shape index (κ1) is 19.5. The second kappa shape index (κ2) is 7.32. The lowest BCUT2D eigenvalue weighted by Gasteiger charge is -2.17. The summed E-state index contributed by atoms with van der Waals surface area (Å²) in [4.78, 5) is 15.6. The molecule has 6 nitrogen and oxygen atoms in total. The number of guanidine groups is 1. The Hall–Kier alpha value is -1.59. The van der Waals surface area contributed by atoms with Gasteiger partial charge in [0.1, 0.15) is 0 Å². The number of hydrogen-bond donors (Lipinski definition) is 1. The molecule has 1 aliphatic rings. The standard InChI is InChI=1S/C13H15F3N4O2.HI/c1-19(10-2-3-10)12(17)18-7-8-4-9(13(14,15)16)6-11(5-8)20(21)22;/h4-6,10H,2-3,7H2,1H3,(H2,17,18);1H. The van der Waals surface area contributed by atoms with Crippen LogP contribution in [0.4, 0.5) is 18.9 Å². The van der Waals surface area contributed by atoms with Gasteiger partial charge in [0.05, 0.1) is 17.0 Å². The van der Waals surface area contributed by atoms with Gasteiger partial charge in [-0.1, -0.05) is 0 Å². The van der Waals surface area contributed by atoms with E-state index in [1.54, 1.807) is 11.9 Å². The van der Waals surface area contributed by atoms with Crippen molar-refractivity contribution in [3.8, 4) is 0 Å². The predicted molar refractivity (Wildman–Crippen MR) is 89.6 cm³/mol. The van der Waals surface area contributed by atoms with E-state index < -0.39 is 22.4 Å². The molecule has 0 radical (unpaired) electrons. The Morgan fingerprint density at radius 1 is 1.43 bits per heavy atom. The average molecular weight is 444 g/mol. The van der Waals surface area contributed by atoms with E-state index in [9.17, 15) is 23.3 Å². The van der Waals surface area contributed by atoms with Crippen molar-refractivity contribution in [3.05, 3.63) is 39.4 Å². The Bertz CT molecular complexity index is 618. The molecule has 1 aromatic rings. The molecule has 10 heteroatoms. The summed E-state index contributed by atoms with van der Waals surface area (Å²) in [5.41, 5.74) is 4.15. The van der Waals surface area contributed by atoms with Crippen LogP contribution in [0.1, 0.15) is 24.0 Å². The number of nitrogens with two attached hydrogens (primary N) is 1. The van der Waals surface area contributed by atoms with Gasteiger partial charge in [0, 0.05) is 25.2 Å². The number of rotatable bonds is 4. The summed E-state index contributed by atoms with van der Waals surface area (Å²) in [6.07, 6.45) is -2.65. The molecule has 0 heterocycles. The van der Waals surface area contributed by atoms with Crippen LogP contribution in [0.3, 0.4) is 0 Å². The van der Waals surface area contributed by atoms with Gasteiger partial charge in [-0.2, -0.15) is 13.2 Å². The third-order valence-electron chi connectivity index (χ3n) is 3.40. The smallest absolute Gasteiger partial charge is 0.370 e. The quantitative estimate of drug-likeness (QED) is 0.254. The molecular weight excluding hydrogens is 428 g/mol. The molecule has 0 aliphatic heterocycles. The van der Waals surface area contributed by atoms with Crippen molar-refractivity contribution < 1.29 is 18.1 Å². The van der Waals surface area contributed by atoms with Crippen LogP contribution in [0.5, 0.6) is 0 Å².